The van der Waals surface area contributed by atoms with Crippen LogP contribution in [0.4, 0.5) is 0 Å². The molecule has 2 aromatic carbocycles. The van der Waals surface area contributed by atoms with E-state index < -0.39 is 16.9 Å². The first-order valence-electron chi connectivity index (χ1n) is 6.46. The molecule has 0 fully saturated rings. The Bertz CT molecular complexity index is 615. The third-order valence-electron chi connectivity index (χ3n) is 3.09. The average Bonchev–Trinajstić information content (AvgIpc) is 2.48. The molecule has 0 heterocycles. The lowest BCUT2D eigenvalue weighted by Gasteiger charge is -2.11. The Kier molecular flexibility index (Phi) is 4.88. The van der Waals surface area contributed by atoms with Gasteiger partial charge in [-0.2, -0.15) is 0 Å². The second-order valence-corrected chi connectivity index (χ2v) is 6.09. The lowest BCUT2D eigenvalue weighted by atomic mass is 10.0. The molecule has 2 atom stereocenters. The first kappa shape index (κ1) is 14.7. The molecule has 0 aliphatic carbocycles. The second kappa shape index (κ2) is 6.64. The van der Waals surface area contributed by atoms with E-state index >= 15 is 0 Å². The average molecular weight is 286 g/mol. The van der Waals surface area contributed by atoms with E-state index in [9.17, 15) is 9.32 Å². The molecule has 20 heavy (non-hydrogen) atoms. The van der Waals surface area contributed by atoms with Crippen molar-refractivity contribution in [3.8, 4) is 0 Å². The summed E-state index contributed by atoms with van der Waals surface area (Å²) >= 11 is 0. The van der Waals surface area contributed by atoms with E-state index in [0.717, 1.165) is 16.0 Å². The highest BCUT2D eigenvalue weighted by molar-refractivity contribution is 7.88. The Morgan fingerprint density at radius 3 is 2.30 bits per heavy atom. The second-order valence-electron chi connectivity index (χ2n) is 4.79. The van der Waals surface area contributed by atoms with Gasteiger partial charge in [-0.3, -0.25) is 0 Å². The minimum Gasteiger partial charge on any atom is -0.384 e. The molecule has 0 radical (unpaired) electrons. The van der Waals surface area contributed by atoms with E-state index in [-0.39, 0.29) is 0 Å². The monoisotopic (exact) mass is 286 g/mol. The number of aliphatic hydroxyl groups excluding tert-OH is 1. The van der Waals surface area contributed by atoms with Crippen molar-refractivity contribution in [2.75, 3.05) is 0 Å². The summed E-state index contributed by atoms with van der Waals surface area (Å²) in [5, 5.41) is 11.8. The van der Waals surface area contributed by atoms with Crippen molar-refractivity contribution < 1.29 is 9.32 Å². The summed E-state index contributed by atoms with van der Waals surface area (Å²) in [5.41, 5.74) is 2.63. The molecule has 1 N–H and O–H groups in total. The number of aryl methyl sites for hydroxylation is 1. The van der Waals surface area contributed by atoms with Crippen LogP contribution in [0, 0.1) is 6.92 Å². The fraction of sp³-hybridized carbons (Fsp3) is 0.176. The minimum absolute atomic E-state index is 0.690. The molecule has 0 saturated carbocycles. The van der Waals surface area contributed by atoms with Crippen LogP contribution in [-0.4, -0.2) is 9.32 Å². The predicted molar refractivity (Wildman–Crippen MR) is 82.7 cm³/mol. The first-order valence-corrected chi connectivity index (χ1v) is 7.68. The van der Waals surface area contributed by atoms with Crippen LogP contribution >= 0.6 is 0 Å². The van der Waals surface area contributed by atoms with Gasteiger partial charge in [0.1, 0.15) is 6.10 Å². The third-order valence-corrected chi connectivity index (χ3v) is 4.42. The zero-order valence-electron chi connectivity index (χ0n) is 11.6. The van der Waals surface area contributed by atoms with Crippen molar-refractivity contribution in [1.29, 1.82) is 0 Å². The summed E-state index contributed by atoms with van der Waals surface area (Å²) in [5.74, 6) is 0. The van der Waals surface area contributed by atoms with Gasteiger partial charge < -0.3 is 5.11 Å². The third kappa shape index (κ3) is 3.65. The minimum atomic E-state index is -1.24. The molecule has 2 rings (SSSR count). The molecular formula is C17H18O2S. The molecule has 0 aliphatic rings. The van der Waals surface area contributed by atoms with Crippen molar-refractivity contribution in [3.05, 3.63) is 76.7 Å². The van der Waals surface area contributed by atoms with Gasteiger partial charge >= 0.3 is 0 Å². The maximum Gasteiger partial charge on any atom is 0.101 e. The van der Waals surface area contributed by atoms with Gasteiger partial charge in [-0.25, -0.2) is 4.21 Å². The molecule has 0 saturated heterocycles. The molecule has 0 aliphatic heterocycles. The van der Waals surface area contributed by atoms with Crippen LogP contribution in [0.25, 0.3) is 0 Å². The maximum absolute atomic E-state index is 12.2. The van der Waals surface area contributed by atoms with Crippen molar-refractivity contribution in [1.82, 2.24) is 0 Å². The van der Waals surface area contributed by atoms with E-state index in [2.05, 4.69) is 0 Å². The van der Waals surface area contributed by atoms with Crippen molar-refractivity contribution in [2.45, 2.75) is 24.8 Å². The van der Waals surface area contributed by atoms with E-state index in [1.165, 1.54) is 0 Å². The topological polar surface area (TPSA) is 37.3 Å². The smallest absolute Gasteiger partial charge is 0.101 e. The molecule has 0 amide bonds. The normalized spacial score (nSPS) is 14.8. The number of aliphatic hydroxyl groups is 1. The van der Waals surface area contributed by atoms with Crippen LogP contribution in [-0.2, 0) is 10.8 Å². The van der Waals surface area contributed by atoms with E-state index in [4.69, 9.17) is 0 Å². The van der Waals surface area contributed by atoms with Crippen LogP contribution in [0.15, 0.2) is 70.5 Å². The standard InChI is InChI=1S/C17H18O2S/c1-13-8-10-16(11-9-13)20(19)12-14(2)17(18)15-6-4-3-5-7-15/h3-12,17-18H,1-2H3/b14-12-/t17-,20-/m1/s1. The highest BCUT2D eigenvalue weighted by atomic mass is 32.2. The first-order chi connectivity index (χ1) is 9.58. The zero-order valence-corrected chi connectivity index (χ0v) is 12.4. The number of benzene rings is 2. The molecule has 0 bridgehead atoms. The van der Waals surface area contributed by atoms with Gasteiger partial charge in [0.05, 0.1) is 10.8 Å². The maximum atomic E-state index is 12.2. The molecule has 0 unspecified atom stereocenters. The SMILES string of the molecule is C/C(=C/[S@@](=O)c1ccc(C)cc1)[C@@H](O)c1ccccc1. The van der Waals surface area contributed by atoms with Gasteiger partial charge in [-0.15, -0.1) is 0 Å². The van der Waals surface area contributed by atoms with Gasteiger partial charge in [0.2, 0.25) is 0 Å². The van der Waals surface area contributed by atoms with Gasteiger partial charge in [-0.1, -0.05) is 48.0 Å². The summed E-state index contributed by atoms with van der Waals surface area (Å²) in [7, 11) is -1.24. The molecular weight excluding hydrogens is 268 g/mol. The summed E-state index contributed by atoms with van der Waals surface area (Å²) in [6.07, 6.45) is -0.717. The fourth-order valence-corrected chi connectivity index (χ4v) is 2.88. The molecule has 2 nitrogen and oxygen atoms in total. The predicted octanol–water partition coefficient (Wildman–Crippen LogP) is 3.74. The lowest BCUT2D eigenvalue weighted by molar-refractivity contribution is 0.216. The Balaban J connectivity index is 2.17. The Morgan fingerprint density at radius 1 is 1.10 bits per heavy atom. The van der Waals surface area contributed by atoms with Crippen LogP contribution in [0.2, 0.25) is 0 Å². The highest BCUT2D eigenvalue weighted by Gasteiger charge is 2.10. The Labute approximate surface area is 122 Å². The fourth-order valence-electron chi connectivity index (χ4n) is 1.87. The van der Waals surface area contributed by atoms with Crippen molar-refractivity contribution >= 4 is 10.8 Å². The van der Waals surface area contributed by atoms with Crippen molar-refractivity contribution in [2.24, 2.45) is 0 Å². The molecule has 104 valence electrons. The zero-order chi connectivity index (χ0) is 14.5. The lowest BCUT2D eigenvalue weighted by Crippen LogP contribution is -2.00. The Hall–Kier alpha value is -1.71. The van der Waals surface area contributed by atoms with E-state index in [1.54, 1.807) is 12.3 Å². The number of hydrogen-bond donors (Lipinski definition) is 1. The summed E-state index contributed by atoms with van der Waals surface area (Å²) in [6.45, 7) is 3.79. The largest absolute Gasteiger partial charge is 0.384 e. The number of hydrogen-bond acceptors (Lipinski definition) is 2. The van der Waals surface area contributed by atoms with Gasteiger partial charge in [0, 0.05) is 10.3 Å². The highest BCUT2D eigenvalue weighted by Crippen LogP contribution is 2.22. The number of rotatable bonds is 4. The molecule has 0 spiro atoms. The van der Waals surface area contributed by atoms with Crippen molar-refractivity contribution in [3.63, 3.8) is 0 Å². The van der Waals surface area contributed by atoms with E-state index in [0.29, 0.717) is 5.57 Å². The van der Waals surface area contributed by atoms with Gasteiger partial charge in [0.25, 0.3) is 0 Å². The van der Waals surface area contributed by atoms with Crippen LogP contribution in [0.3, 0.4) is 0 Å². The van der Waals surface area contributed by atoms with E-state index in [1.807, 2.05) is 61.5 Å². The van der Waals surface area contributed by atoms with Crippen LogP contribution in [0.5, 0.6) is 0 Å². The molecule has 2 aromatic rings. The molecule has 3 heteroatoms. The summed E-state index contributed by atoms with van der Waals surface area (Å²) in [6, 6.07) is 16.9. The van der Waals surface area contributed by atoms with Crippen LogP contribution in [0.1, 0.15) is 24.2 Å². The quantitative estimate of drug-likeness (QED) is 0.929. The summed E-state index contributed by atoms with van der Waals surface area (Å²) in [4.78, 5) is 0.746. The van der Waals surface area contributed by atoms with Crippen LogP contribution < -0.4 is 0 Å². The molecule has 0 aromatic heterocycles. The Morgan fingerprint density at radius 2 is 1.70 bits per heavy atom. The summed E-state index contributed by atoms with van der Waals surface area (Å²) < 4.78 is 12.2. The van der Waals surface area contributed by atoms with Gasteiger partial charge in [-0.05, 0) is 37.1 Å². The van der Waals surface area contributed by atoms with Gasteiger partial charge in [0.15, 0.2) is 0 Å².